The molecule has 0 radical (unpaired) electrons. The van der Waals surface area contributed by atoms with Gasteiger partial charge in [-0.25, -0.2) is 0 Å². The molecule has 0 aliphatic heterocycles. The van der Waals surface area contributed by atoms with Crippen molar-refractivity contribution in [1.82, 2.24) is 0 Å². The first-order valence-corrected chi connectivity index (χ1v) is 6.86. The van der Waals surface area contributed by atoms with E-state index in [4.69, 9.17) is 13.1 Å². The summed E-state index contributed by atoms with van der Waals surface area (Å²) in [4.78, 5) is 11.3. The van der Waals surface area contributed by atoms with Crippen molar-refractivity contribution in [3.63, 3.8) is 0 Å². The van der Waals surface area contributed by atoms with Gasteiger partial charge in [0.1, 0.15) is 13.2 Å². The molecule has 0 aliphatic rings. The number of ether oxygens (including phenoxy) is 1. The Hall–Kier alpha value is -0.300. The van der Waals surface area contributed by atoms with Gasteiger partial charge in [-0.3, -0.25) is 13.2 Å². The van der Waals surface area contributed by atoms with Crippen LogP contribution in [0.2, 0.25) is 0 Å². The first-order valence-electron chi connectivity index (χ1n) is 6.20. The van der Waals surface area contributed by atoms with E-state index in [1.54, 1.807) is 7.11 Å². The van der Waals surface area contributed by atoms with Crippen LogP contribution in [0.4, 0.5) is 0 Å². The average Bonchev–Trinajstić information content (AvgIpc) is 2.28. The minimum absolute atomic E-state index is 0.0555. The fourth-order valence-corrected chi connectivity index (χ4v) is 1.59. The molecular weight excluding hydrogens is 254 g/mol. The Kier molecular flexibility index (Phi) is 9.45. The Morgan fingerprint density at radius 3 is 2.44 bits per heavy atom. The van der Waals surface area contributed by atoms with Gasteiger partial charge >= 0.3 is 5.97 Å². The molecule has 0 amide bonds. The van der Waals surface area contributed by atoms with E-state index < -0.39 is 0 Å². The van der Waals surface area contributed by atoms with Crippen molar-refractivity contribution in [1.29, 1.82) is 0 Å². The Labute approximate surface area is 115 Å². The number of likely N-dealkylation sites (N-methyl/N-ethyl adjacent to an activating group) is 1. The second-order valence-electron chi connectivity index (χ2n) is 5.12. The number of quaternary nitrogens is 1. The van der Waals surface area contributed by atoms with Gasteiger partial charge in [0.25, 0.3) is 0 Å². The lowest BCUT2D eigenvalue weighted by Crippen LogP contribution is -2.43. The van der Waals surface area contributed by atoms with Crippen LogP contribution in [0, 0.1) is 5.92 Å². The zero-order chi connectivity index (χ0) is 14.0. The number of hydrogen-bond acceptors (Lipinski definition) is 5. The first kappa shape index (κ1) is 17.7. The largest absolute Gasteiger partial charge is 0.459 e. The smallest absolute Gasteiger partial charge is 0.308 e. The third kappa shape index (κ3) is 9.70. The van der Waals surface area contributed by atoms with E-state index in [9.17, 15) is 4.79 Å². The Morgan fingerprint density at radius 1 is 1.22 bits per heavy atom. The predicted molar refractivity (Wildman–Crippen MR) is 72.8 cm³/mol. The molecule has 0 spiro atoms. The zero-order valence-corrected chi connectivity index (χ0v) is 12.9. The van der Waals surface area contributed by atoms with Crippen LogP contribution < -0.4 is 0 Å². The lowest BCUT2D eigenvalue weighted by atomic mass is 10.2. The van der Waals surface area contributed by atoms with E-state index in [0.29, 0.717) is 13.2 Å². The second-order valence-corrected chi connectivity index (χ2v) is 5.82. The molecule has 0 atom stereocenters. The van der Waals surface area contributed by atoms with Crippen molar-refractivity contribution >= 4 is 18.3 Å². The van der Waals surface area contributed by atoms with Crippen molar-refractivity contribution < 1.29 is 22.4 Å². The summed E-state index contributed by atoms with van der Waals surface area (Å²) in [7, 11) is 5.81. The summed E-state index contributed by atoms with van der Waals surface area (Å²) >= 11 is 1.01. The van der Waals surface area contributed by atoms with E-state index in [1.807, 2.05) is 13.8 Å². The molecule has 0 heterocycles. The number of rotatable bonds is 10. The van der Waals surface area contributed by atoms with E-state index >= 15 is 0 Å². The van der Waals surface area contributed by atoms with Crippen molar-refractivity contribution in [3.8, 4) is 0 Å². The molecule has 0 N–H and O–H groups in total. The molecule has 0 aromatic rings. The van der Waals surface area contributed by atoms with Crippen molar-refractivity contribution in [2.24, 2.45) is 5.92 Å². The molecule has 0 fully saturated rings. The van der Waals surface area contributed by atoms with Gasteiger partial charge in [0.15, 0.2) is 12.3 Å². The maximum Gasteiger partial charge on any atom is 0.308 e. The molecule has 5 nitrogen and oxygen atoms in total. The van der Waals surface area contributed by atoms with Crippen molar-refractivity contribution in [2.45, 2.75) is 20.3 Å². The van der Waals surface area contributed by atoms with E-state index in [-0.39, 0.29) is 11.9 Å². The lowest BCUT2D eigenvalue weighted by molar-refractivity contribution is -0.890. The van der Waals surface area contributed by atoms with Gasteiger partial charge in [-0.1, -0.05) is 13.8 Å². The summed E-state index contributed by atoms with van der Waals surface area (Å²) in [6.45, 7) is 6.60. The number of carbonyl (C=O) groups excluding carboxylic acids is 1. The summed E-state index contributed by atoms with van der Waals surface area (Å²) in [5, 5.41) is 0. The van der Waals surface area contributed by atoms with Gasteiger partial charge in [-0.15, -0.1) is 0 Å². The standard InChI is InChI=1S/C12H26NO4S/c1-11(2)12(14)16-10-8-13(3,4)7-6-9-17-18-15-5/h11H,6-10H2,1-5H3/q+1. The number of hydrogen-bond donors (Lipinski definition) is 0. The Balaban J connectivity index is 3.63. The Bertz CT molecular complexity index is 234. The first-order chi connectivity index (χ1) is 8.39. The summed E-state index contributed by atoms with van der Waals surface area (Å²) in [5.74, 6) is -0.185. The van der Waals surface area contributed by atoms with Gasteiger partial charge in [-0.2, -0.15) is 0 Å². The molecule has 0 unspecified atom stereocenters. The van der Waals surface area contributed by atoms with Crippen LogP contribution in [0.25, 0.3) is 0 Å². The quantitative estimate of drug-likeness (QED) is 0.265. The zero-order valence-electron chi connectivity index (χ0n) is 12.1. The number of carbonyl (C=O) groups is 1. The van der Waals surface area contributed by atoms with Crippen LogP contribution in [-0.4, -0.2) is 58.0 Å². The molecular formula is C12H26NO4S+. The van der Waals surface area contributed by atoms with Crippen LogP contribution in [0.3, 0.4) is 0 Å². The van der Waals surface area contributed by atoms with Crippen LogP contribution in [0.5, 0.6) is 0 Å². The highest BCUT2D eigenvalue weighted by atomic mass is 32.2. The van der Waals surface area contributed by atoms with Gasteiger partial charge < -0.3 is 9.22 Å². The van der Waals surface area contributed by atoms with E-state index in [2.05, 4.69) is 14.1 Å². The summed E-state index contributed by atoms with van der Waals surface area (Å²) in [5.41, 5.74) is 0. The molecule has 0 rings (SSSR count). The molecule has 0 bridgehead atoms. The summed E-state index contributed by atoms with van der Waals surface area (Å²) in [6, 6.07) is 0. The third-order valence-electron chi connectivity index (χ3n) is 2.52. The highest BCUT2D eigenvalue weighted by Gasteiger charge is 2.16. The fourth-order valence-electron chi connectivity index (χ4n) is 1.31. The molecule has 18 heavy (non-hydrogen) atoms. The monoisotopic (exact) mass is 280 g/mol. The lowest BCUT2D eigenvalue weighted by Gasteiger charge is -2.29. The van der Waals surface area contributed by atoms with Gasteiger partial charge in [0, 0.05) is 6.42 Å². The number of nitrogens with zero attached hydrogens (tertiary/aromatic N) is 1. The highest BCUT2D eigenvalue weighted by molar-refractivity contribution is 7.89. The van der Waals surface area contributed by atoms with Gasteiger partial charge in [-0.05, 0) is 0 Å². The number of esters is 1. The predicted octanol–water partition coefficient (Wildman–Crippen LogP) is 1.88. The Morgan fingerprint density at radius 2 is 1.89 bits per heavy atom. The maximum absolute atomic E-state index is 11.3. The molecule has 0 aliphatic carbocycles. The third-order valence-corrected chi connectivity index (χ3v) is 2.92. The minimum atomic E-state index is -0.130. The van der Waals surface area contributed by atoms with Crippen LogP contribution in [-0.2, 0) is 17.9 Å². The fraction of sp³-hybridized carbons (Fsp3) is 0.917. The average molecular weight is 280 g/mol. The van der Waals surface area contributed by atoms with Crippen LogP contribution in [0.15, 0.2) is 0 Å². The topological polar surface area (TPSA) is 44.8 Å². The summed E-state index contributed by atoms with van der Waals surface area (Å²) in [6.07, 6.45) is 0.946. The van der Waals surface area contributed by atoms with E-state index in [0.717, 1.165) is 36.3 Å². The SMILES string of the molecule is COSOCCC[N+](C)(C)CCOC(=O)C(C)C. The molecule has 0 saturated carbocycles. The van der Waals surface area contributed by atoms with Crippen LogP contribution in [0.1, 0.15) is 20.3 Å². The minimum Gasteiger partial charge on any atom is -0.459 e. The highest BCUT2D eigenvalue weighted by Crippen LogP contribution is 2.05. The van der Waals surface area contributed by atoms with Crippen molar-refractivity contribution in [2.75, 3.05) is 47.5 Å². The molecule has 108 valence electrons. The molecule has 0 aromatic carbocycles. The van der Waals surface area contributed by atoms with Crippen molar-refractivity contribution in [3.05, 3.63) is 0 Å². The molecule has 0 aromatic heterocycles. The van der Waals surface area contributed by atoms with Gasteiger partial charge in [0.05, 0.1) is 40.3 Å². The maximum atomic E-state index is 11.3. The van der Waals surface area contributed by atoms with E-state index in [1.165, 1.54) is 0 Å². The molecule has 6 heteroatoms. The second kappa shape index (κ2) is 9.61. The normalized spacial score (nSPS) is 11.9. The van der Waals surface area contributed by atoms with Crippen LogP contribution >= 0.6 is 12.3 Å². The molecule has 0 saturated heterocycles. The van der Waals surface area contributed by atoms with Gasteiger partial charge in [0.2, 0.25) is 0 Å². The summed E-state index contributed by atoms with van der Waals surface area (Å²) < 4.78 is 15.9.